The van der Waals surface area contributed by atoms with Gasteiger partial charge in [-0.1, -0.05) is 18.5 Å². The fourth-order valence-electron chi connectivity index (χ4n) is 2.56. The van der Waals surface area contributed by atoms with E-state index in [2.05, 4.69) is 22.5 Å². The molecule has 0 bridgehead atoms. The fraction of sp³-hybridized carbons (Fsp3) is 0.300. The number of aryl methyl sites for hydroxylation is 1. The second-order valence-electron chi connectivity index (χ2n) is 5.92. The van der Waals surface area contributed by atoms with Crippen molar-refractivity contribution in [1.29, 1.82) is 0 Å². The Morgan fingerprint density at radius 1 is 1.23 bits per heavy atom. The predicted octanol–water partition coefficient (Wildman–Crippen LogP) is 5.13. The van der Waals surface area contributed by atoms with Crippen LogP contribution in [-0.4, -0.2) is 25.9 Å². The van der Waals surface area contributed by atoms with E-state index in [1.54, 1.807) is 13.4 Å². The zero-order valence-electron chi connectivity index (χ0n) is 15.5. The first-order valence-electron chi connectivity index (χ1n) is 8.47. The van der Waals surface area contributed by atoms with Crippen LogP contribution in [0.5, 0.6) is 5.75 Å². The van der Waals surface area contributed by atoms with Gasteiger partial charge in [-0.3, -0.25) is 9.79 Å². The molecule has 0 saturated carbocycles. The number of ether oxygens (including phenoxy) is 1. The number of methoxy groups -OCH3 is 1. The topological polar surface area (TPSA) is 62.7 Å². The summed E-state index contributed by atoms with van der Waals surface area (Å²) in [5, 5.41) is 6.55. The molecule has 0 atom stereocenters. The van der Waals surface area contributed by atoms with E-state index in [9.17, 15) is 4.79 Å². The lowest BCUT2D eigenvalue weighted by Crippen LogP contribution is -2.07. The molecule has 0 aliphatic rings. The summed E-state index contributed by atoms with van der Waals surface area (Å²) in [6, 6.07) is 9.37. The van der Waals surface area contributed by atoms with Crippen molar-refractivity contribution in [2.24, 2.45) is 4.99 Å². The van der Waals surface area contributed by atoms with E-state index in [-0.39, 0.29) is 5.91 Å². The van der Waals surface area contributed by atoms with Gasteiger partial charge in [0.15, 0.2) is 0 Å². The van der Waals surface area contributed by atoms with Crippen LogP contribution < -0.4 is 15.4 Å². The summed E-state index contributed by atoms with van der Waals surface area (Å²) in [7, 11) is 1.61. The third-order valence-electron chi connectivity index (χ3n) is 3.81. The van der Waals surface area contributed by atoms with Gasteiger partial charge >= 0.3 is 0 Å². The molecule has 2 aromatic carbocycles. The van der Waals surface area contributed by atoms with Gasteiger partial charge in [-0.15, -0.1) is 0 Å². The highest BCUT2D eigenvalue weighted by atomic mass is 35.5. The zero-order valence-corrected chi connectivity index (χ0v) is 16.3. The lowest BCUT2D eigenvalue weighted by Gasteiger charge is -2.16. The molecule has 0 aliphatic heterocycles. The molecule has 0 heterocycles. The SMILES string of the molecule is CCCN=CNc1cc(C)c(-c2cc(OC)ccc2NC(C)=O)cc1Cl. The maximum atomic E-state index is 11.5. The van der Waals surface area contributed by atoms with E-state index in [4.69, 9.17) is 16.3 Å². The maximum absolute atomic E-state index is 11.5. The number of hydrogen-bond acceptors (Lipinski definition) is 3. The molecular formula is C20H24ClN3O2. The fourth-order valence-corrected chi connectivity index (χ4v) is 2.78. The van der Waals surface area contributed by atoms with E-state index >= 15 is 0 Å². The lowest BCUT2D eigenvalue weighted by molar-refractivity contribution is -0.114. The first kappa shape index (κ1) is 19.8. The van der Waals surface area contributed by atoms with Gasteiger partial charge in [-0.05, 0) is 54.8 Å². The minimum Gasteiger partial charge on any atom is -0.497 e. The van der Waals surface area contributed by atoms with Gasteiger partial charge in [0.1, 0.15) is 5.75 Å². The lowest BCUT2D eigenvalue weighted by atomic mass is 9.98. The number of halogens is 1. The molecule has 2 aromatic rings. The highest BCUT2D eigenvalue weighted by Crippen LogP contribution is 2.37. The minimum absolute atomic E-state index is 0.134. The summed E-state index contributed by atoms with van der Waals surface area (Å²) in [5.41, 5.74) is 4.29. The molecule has 0 aromatic heterocycles. The normalized spacial score (nSPS) is 10.8. The highest BCUT2D eigenvalue weighted by Gasteiger charge is 2.13. The molecule has 0 radical (unpaired) electrons. The number of carbonyl (C=O) groups is 1. The Hall–Kier alpha value is -2.53. The standard InChI is InChI=1S/C20H24ClN3O2/c1-5-8-22-12-23-20-9-13(2)16(11-18(20)21)17-10-15(26-4)6-7-19(17)24-14(3)25/h6-7,9-12H,5,8H2,1-4H3,(H,22,23)(H,24,25). The van der Waals surface area contributed by atoms with Gasteiger partial charge in [0.25, 0.3) is 0 Å². The van der Waals surface area contributed by atoms with Crippen molar-refractivity contribution < 1.29 is 9.53 Å². The van der Waals surface area contributed by atoms with Gasteiger partial charge in [-0.2, -0.15) is 0 Å². The Labute approximate surface area is 159 Å². The molecule has 6 heteroatoms. The second kappa shape index (κ2) is 9.25. The second-order valence-corrected chi connectivity index (χ2v) is 6.33. The number of carbonyl (C=O) groups excluding carboxylic acids is 1. The van der Waals surface area contributed by atoms with Crippen molar-refractivity contribution in [3.05, 3.63) is 40.9 Å². The van der Waals surface area contributed by atoms with Gasteiger partial charge in [-0.25, -0.2) is 0 Å². The molecule has 0 spiro atoms. The molecule has 0 unspecified atom stereocenters. The van der Waals surface area contributed by atoms with Crippen molar-refractivity contribution in [2.45, 2.75) is 27.2 Å². The molecule has 1 amide bonds. The van der Waals surface area contributed by atoms with Crippen LogP contribution in [0.4, 0.5) is 11.4 Å². The zero-order chi connectivity index (χ0) is 19.1. The number of anilines is 2. The molecule has 5 nitrogen and oxygen atoms in total. The minimum atomic E-state index is -0.134. The summed E-state index contributed by atoms with van der Waals surface area (Å²) in [5.74, 6) is 0.573. The molecule has 26 heavy (non-hydrogen) atoms. The van der Waals surface area contributed by atoms with Crippen molar-refractivity contribution in [1.82, 2.24) is 0 Å². The van der Waals surface area contributed by atoms with Crippen molar-refractivity contribution in [3.63, 3.8) is 0 Å². The third kappa shape index (κ3) is 4.99. The molecule has 0 aliphatic carbocycles. The number of rotatable bonds is 7. The van der Waals surface area contributed by atoms with Crippen LogP contribution in [0.25, 0.3) is 11.1 Å². The predicted molar refractivity (Wildman–Crippen MR) is 110 cm³/mol. The Morgan fingerprint density at radius 3 is 2.65 bits per heavy atom. The van der Waals surface area contributed by atoms with Crippen molar-refractivity contribution in [3.8, 4) is 16.9 Å². The number of nitrogens with one attached hydrogen (secondary N) is 2. The highest BCUT2D eigenvalue weighted by molar-refractivity contribution is 6.34. The molecule has 138 valence electrons. The summed E-state index contributed by atoms with van der Waals surface area (Å²) in [6.07, 6.45) is 2.66. The monoisotopic (exact) mass is 373 g/mol. The Morgan fingerprint density at radius 2 is 2.00 bits per heavy atom. The van der Waals surface area contributed by atoms with E-state index in [0.717, 1.165) is 35.3 Å². The van der Waals surface area contributed by atoms with Crippen LogP contribution in [0, 0.1) is 6.92 Å². The summed E-state index contributed by atoms with van der Waals surface area (Å²) < 4.78 is 5.33. The van der Waals surface area contributed by atoms with Crippen LogP contribution in [-0.2, 0) is 4.79 Å². The van der Waals surface area contributed by atoms with Gasteiger partial charge in [0, 0.05) is 24.7 Å². The quantitative estimate of drug-likeness (QED) is 0.522. The number of hydrogen-bond donors (Lipinski definition) is 2. The largest absolute Gasteiger partial charge is 0.497 e. The molecule has 2 rings (SSSR count). The summed E-state index contributed by atoms with van der Waals surface area (Å²) >= 11 is 6.45. The number of nitrogens with zero attached hydrogens (tertiary/aromatic N) is 1. The summed E-state index contributed by atoms with van der Waals surface area (Å²) in [6.45, 7) is 6.32. The van der Waals surface area contributed by atoms with E-state index in [1.165, 1.54) is 6.92 Å². The number of amides is 1. The average Bonchev–Trinajstić information content (AvgIpc) is 2.61. The third-order valence-corrected chi connectivity index (χ3v) is 4.12. The van der Waals surface area contributed by atoms with E-state index < -0.39 is 0 Å². The first-order chi connectivity index (χ1) is 12.5. The Bertz CT molecular complexity index is 819. The number of benzene rings is 2. The summed E-state index contributed by atoms with van der Waals surface area (Å²) in [4.78, 5) is 15.8. The van der Waals surface area contributed by atoms with E-state index in [0.29, 0.717) is 16.5 Å². The smallest absolute Gasteiger partial charge is 0.221 e. The van der Waals surface area contributed by atoms with E-state index in [1.807, 2.05) is 37.3 Å². The van der Waals surface area contributed by atoms with Crippen LogP contribution in [0.15, 0.2) is 35.3 Å². The van der Waals surface area contributed by atoms with Crippen LogP contribution in [0.2, 0.25) is 5.02 Å². The molecule has 0 saturated heterocycles. The van der Waals surface area contributed by atoms with Crippen molar-refractivity contribution in [2.75, 3.05) is 24.3 Å². The van der Waals surface area contributed by atoms with Crippen LogP contribution >= 0.6 is 11.6 Å². The van der Waals surface area contributed by atoms with Crippen molar-refractivity contribution >= 4 is 35.2 Å². The Balaban J connectivity index is 2.45. The van der Waals surface area contributed by atoms with Gasteiger partial charge < -0.3 is 15.4 Å². The van der Waals surface area contributed by atoms with Crippen LogP contribution in [0.1, 0.15) is 25.8 Å². The van der Waals surface area contributed by atoms with Gasteiger partial charge in [0.05, 0.1) is 24.2 Å². The number of aliphatic imine (C=N–C) groups is 1. The molecule has 0 fully saturated rings. The Kier molecular flexibility index (Phi) is 7.04. The molecule has 2 N–H and O–H groups in total. The molecular weight excluding hydrogens is 350 g/mol. The average molecular weight is 374 g/mol. The maximum Gasteiger partial charge on any atom is 0.221 e. The van der Waals surface area contributed by atoms with Crippen LogP contribution in [0.3, 0.4) is 0 Å². The first-order valence-corrected chi connectivity index (χ1v) is 8.85. The van der Waals surface area contributed by atoms with Gasteiger partial charge in [0.2, 0.25) is 5.91 Å².